The third-order valence-electron chi connectivity index (χ3n) is 2.65. The van der Waals surface area contributed by atoms with Crippen LogP contribution in [0.25, 0.3) is 0 Å². The number of benzene rings is 1. The number of nitrogens with two attached hydrogens (primary N) is 1. The maximum atomic E-state index is 11.8. The Morgan fingerprint density at radius 1 is 1.45 bits per heavy atom. The summed E-state index contributed by atoms with van der Waals surface area (Å²) in [4.78, 5) is 26.9. The maximum Gasteiger partial charge on any atom is 0.422 e. The highest BCUT2D eigenvalue weighted by Gasteiger charge is 2.12. The number of nitrogen functional groups attached to an aromatic ring is 1. The van der Waals surface area contributed by atoms with Crippen LogP contribution in [-0.2, 0) is 11.3 Å². The Bertz CT molecular complexity index is 712. The van der Waals surface area contributed by atoms with E-state index in [2.05, 4.69) is 4.98 Å². The second-order valence-electron chi connectivity index (χ2n) is 4.11. The predicted molar refractivity (Wildman–Crippen MR) is 74.7 cm³/mol. The Hall–Kier alpha value is -2.34. The zero-order valence-electron chi connectivity index (χ0n) is 10.7. The Morgan fingerprint density at radius 2 is 2.15 bits per heavy atom. The van der Waals surface area contributed by atoms with Crippen molar-refractivity contribution in [2.45, 2.75) is 13.5 Å². The minimum Gasteiger partial charge on any atom is -0.444 e. The van der Waals surface area contributed by atoms with Crippen molar-refractivity contribution in [3.05, 3.63) is 57.1 Å². The van der Waals surface area contributed by atoms with E-state index < -0.39 is 11.8 Å². The Balaban J connectivity index is 2.16. The van der Waals surface area contributed by atoms with Crippen LogP contribution in [0, 0.1) is 6.92 Å². The predicted octanol–water partition coefficient (Wildman–Crippen LogP) is 1.97. The number of hydrogen-bond donors (Lipinski definition) is 1. The van der Waals surface area contributed by atoms with Crippen LogP contribution in [0.3, 0.4) is 0 Å². The van der Waals surface area contributed by atoms with Crippen molar-refractivity contribution >= 4 is 23.5 Å². The van der Waals surface area contributed by atoms with E-state index in [0.717, 1.165) is 4.57 Å². The summed E-state index contributed by atoms with van der Waals surface area (Å²) in [7, 11) is 0. The number of aromatic nitrogens is 2. The molecule has 1 aromatic carbocycles. The van der Waals surface area contributed by atoms with Crippen LogP contribution in [0.4, 0.5) is 10.6 Å². The van der Waals surface area contributed by atoms with Crippen LogP contribution < -0.4 is 11.4 Å². The van der Waals surface area contributed by atoms with Crippen molar-refractivity contribution in [2.75, 3.05) is 5.73 Å². The summed E-state index contributed by atoms with van der Waals surface area (Å²) in [5.41, 5.74) is 5.86. The van der Waals surface area contributed by atoms with Gasteiger partial charge in [0, 0.05) is 22.3 Å². The standard InChI is InChI=1S/C13H12ClN3O3/c1-8-6-17(12(18)16-11(8)15)13(19)20-7-9-4-2-3-5-10(9)14/h2-6H,7H2,1H3,(H2,15,16,18). The van der Waals surface area contributed by atoms with Crippen LogP contribution in [0.15, 0.2) is 35.3 Å². The minimum atomic E-state index is -0.828. The number of hydrogen-bond acceptors (Lipinski definition) is 5. The molecular weight excluding hydrogens is 282 g/mol. The largest absolute Gasteiger partial charge is 0.444 e. The summed E-state index contributed by atoms with van der Waals surface area (Å²) < 4.78 is 5.80. The zero-order chi connectivity index (χ0) is 14.7. The normalized spacial score (nSPS) is 10.3. The number of anilines is 1. The van der Waals surface area contributed by atoms with E-state index in [9.17, 15) is 9.59 Å². The van der Waals surface area contributed by atoms with Crippen molar-refractivity contribution in [3.63, 3.8) is 0 Å². The third kappa shape index (κ3) is 2.97. The average molecular weight is 294 g/mol. The van der Waals surface area contributed by atoms with Gasteiger partial charge in [0.25, 0.3) is 0 Å². The van der Waals surface area contributed by atoms with Gasteiger partial charge in [-0.25, -0.2) is 14.2 Å². The van der Waals surface area contributed by atoms with Gasteiger partial charge >= 0.3 is 11.8 Å². The molecule has 2 aromatic rings. The molecule has 0 fully saturated rings. The lowest BCUT2D eigenvalue weighted by Crippen LogP contribution is -2.30. The average Bonchev–Trinajstić information content (AvgIpc) is 2.41. The molecule has 0 amide bonds. The van der Waals surface area contributed by atoms with Gasteiger partial charge in [0.2, 0.25) is 0 Å². The highest BCUT2D eigenvalue weighted by molar-refractivity contribution is 6.31. The molecule has 0 atom stereocenters. The number of ether oxygens (including phenoxy) is 1. The number of nitrogens with zero attached hydrogens (tertiary/aromatic N) is 2. The van der Waals surface area contributed by atoms with Crippen LogP contribution in [0.2, 0.25) is 5.02 Å². The van der Waals surface area contributed by atoms with Crippen molar-refractivity contribution in [1.82, 2.24) is 9.55 Å². The smallest absolute Gasteiger partial charge is 0.422 e. The molecule has 0 spiro atoms. The van der Waals surface area contributed by atoms with Gasteiger partial charge < -0.3 is 10.5 Å². The van der Waals surface area contributed by atoms with Crippen LogP contribution in [0.5, 0.6) is 0 Å². The molecule has 0 radical (unpaired) electrons. The van der Waals surface area contributed by atoms with E-state index in [-0.39, 0.29) is 12.4 Å². The topological polar surface area (TPSA) is 87.2 Å². The lowest BCUT2D eigenvalue weighted by molar-refractivity contribution is 0.140. The van der Waals surface area contributed by atoms with Gasteiger partial charge in [-0.15, -0.1) is 0 Å². The number of carbonyl (C=O) groups is 1. The highest BCUT2D eigenvalue weighted by atomic mass is 35.5. The fourth-order valence-corrected chi connectivity index (χ4v) is 1.71. The van der Waals surface area contributed by atoms with E-state index >= 15 is 0 Å². The molecule has 0 aliphatic carbocycles. The lowest BCUT2D eigenvalue weighted by Gasteiger charge is -2.08. The first-order valence-corrected chi connectivity index (χ1v) is 6.13. The SMILES string of the molecule is Cc1cn(C(=O)OCc2ccccc2Cl)c(=O)nc1N. The molecular formula is C13H12ClN3O3. The minimum absolute atomic E-state index is 0.0334. The van der Waals surface area contributed by atoms with Crippen molar-refractivity contribution < 1.29 is 9.53 Å². The first-order chi connectivity index (χ1) is 9.49. The summed E-state index contributed by atoms with van der Waals surface area (Å²) in [5, 5.41) is 0.485. The molecule has 0 unspecified atom stereocenters. The van der Waals surface area contributed by atoms with Gasteiger partial charge in [0.05, 0.1) is 0 Å². The van der Waals surface area contributed by atoms with Crippen LogP contribution in [0.1, 0.15) is 11.1 Å². The molecule has 1 heterocycles. The van der Waals surface area contributed by atoms with E-state index in [4.69, 9.17) is 22.1 Å². The summed E-state index contributed by atoms with van der Waals surface area (Å²) in [6.45, 7) is 1.61. The van der Waals surface area contributed by atoms with Crippen molar-refractivity contribution in [3.8, 4) is 0 Å². The molecule has 0 bridgehead atoms. The molecule has 7 heteroatoms. The van der Waals surface area contributed by atoms with Gasteiger partial charge in [-0.3, -0.25) is 0 Å². The number of aryl methyl sites for hydroxylation is 1. The summed E-state index contributed by atoms with van der Waals surface area (Å²) in [6.07, 6.45) is 0.463. The van der Waals surface area contributed by atoms with Crippen molar-refractivity contribution in [2.24, 2.45) is 0 Å². The lowest BCUT2D eigenvalue weighted by atomic mass is 10.2. The Labute approximate surface area is 119 Å². The molecule has 0 aliphatic rings. The molecule has 0 saturated heterocycles. The second kappa shape index (κ2) is 5.75. The first-order valence-electron chi connectivity index (χ1n) is 5.75. The van der Waals surface area contributed by atoms with Gasteiger partial charge in [0.15, 0.2) is 0 Å². The highest BCUT2D eigenvalue weighted by Crippen LogP contribution is 2.15. The molecule has 2 N–H and O–H groups in total. The summed E-state index contributed by atoms with van der Waals surface area (Å²) >= 11 is 5.94. The van der Waals surface area contributed by atoms with Gasteiger partial charge in [-0.1, -0.05) is 29.8 Å². The Morgan fingerprint density at radius 3 is 2.85 bits per heavy atom. The summed E-state index contributed by atoms with van der Waals surface area (Å²) in [5.74, 6) is 0.0881. The third-order valence-corrected chi connectivity index (χ3v) is 3.02. The Kier molecular flexibility index (Phi) is 4.05. The van der Waals surface area contributed by atoms with E-state index in [1.54, 1.807) is 31.2 Å². The quantitative estimate of drug-likeness (QED) is 0.914. The van der Waals surface area contributed by atoms with E-state index in [0.29, 0.717) is 16.1 Å². The van der Waals surface area contributed by atoms with E-state index in [1.807, 2.05) is 0 Å². The molecule has 0 saturated carbocycles. The second-order valence-corrected chi connectivity index (χ2v) is 4.51. The van der Waals surface area contributed by atoms with Gasteiger partial charge in [0.1, 0.15) is 12.4 Å². The number of halogens is 1. The van der Waals surface area contributed by atoms with Gasteiger partial charge in [-0.05, 0) is 13.0 Å². The molecule has 6 nitrogen and oxygen atoms in total. The van der Waals surface area contributed by atoms with E-state index in [1.165, 1.54) is 6.20 Å². The molecule has 2 rings (SSSR count). The molecule has 20 heavy (non-hydrogen) atoms. The molecule has 1 aromatic heterocycles. The summed E-state index contributed by atoms with van der Waals surface area (Å²) in [6, 6.07) is 6.96. The van der Waals surface area contributed by atoms with Crippen LogP contribution in [-0.4, -0.2) is 15.6 Å². The fraction of sp³-hybridized carbons (Fsp3) is 0.154. The maximum absolute atomic E-state index is 11.8. The fourth-order valence-electron chi connectivity index (χ4n) is 1.52. The first kappa shape index (κ1) is 14.1. The van der Waals surface area contributed by atoms with Crippen molar-refractivity contribution in [1.29, 1.82) is 0 Å². The number of rotatable bonds is 2. The number of carbonyl (C=O) groups excluding carboxylic acids is 1. The zero-order valence-corrected chi connectivity index (χ0v) is 11.4. The molecule has 0 aliphatic heterocycles. The van der Waals surface area contributed by atoms with Gasteiger partial charge in [-0.2, -0.15) is 4.98 Å². The monoisotopic (exact) mass is 293 g/mol. The van der Waals surface area contributed by atoms with Crippen LogP contribution >= 0.6 is 11.6 Å². The molecule has 104 valence electrons.